The smallest absolute Gasteiger partial charge is 0.457 e. The fourth-order valence-corrected chi connectivity index (χ4v) is 4.88. The minimum atomic E-state index is -4.75. The number of urea groups is 1. The lowest BCUT2D eigenvalue weighted by atomic mass is 9.72. The second-order valence-electron chi connectivity index (χ2n) is 9.58. The van der Waals surface area contributed by atoms with E-state index in [0.29, 0.717) is 11.4 Å². The Bertz CT molecular complexity index is 1220. The SMILES string of the molecule is O=C(Nc1cccnc1)N1CC2(CCN(Cc3cccc(Oc4cccc(OC(F)(F)F)c4)c3)CC2)C1. The first kappa shape index (κ1) is 24.9. The van der Waals surface area contributed by atoms with Gasteiger partial charge in [-0.05, 0) is 67.9 Å². The van der Waals surface area contributed by atoms with Crippen LogP contribution in [0.1, 0.15) is 18.4 Å². The van der Waals surface area contributed by atoms with Gasteiger partial charge < -0.3 is 19.7 Å². The van der Waals surface area contributed by atoms with Crippen molar-refractivity contribution in [1.82, 2.24) is 14.8 Å². The Morgan fingerprint density at radius 2 is 1.68 bits per heavy atom. The number of halogens is 3. The van der Waals surface area contributed by atoms with Crippen LogP contribution in [-0.4, -0.2) is 53.4 Å². The predicted molar refractivity (Wildman–Crippen MR) is 131 cm³/mol. The summed E-state index contributed by atoms with van der Waals surface area (Å²) in [5.74, 6) is 0.484. The molecule has 0 saturated carbocycles. The molecule has 2 aromatic carbocycles. The minimum Gasteiger partial charge on any atom is -0.457 e. The first-order valence-electron chi connectivity index (χ1n) is 12.1. The number of hydrogen-bond donors (Lipinski definition) is 1. The van der Waals surface area contributed by atoms with Crippen molar-refractivity contribution in [3.63, 3.8) is 0 Å². The Kier molecular flexibility index (Phi) is 6.92. The van der Waals surface area contributed by atoms with Gasteiger partial charge in [-0.1, -0.05) is 18.2 Å². The van der Waals surface area contributed by atoms with Gasteiger partial charge in [-0.15, -0.1) is 13.2 Å². The number of benzene rings is 2. The lowest BCUT2D eigenvalue weighted by Gasteiger charge is -2.53. The van der Waals surface area contributed by atoms with Crippen molar-refractivity contribution in [2.24, 2.45) is 5.41 Å². The number of anilines is 1. The number of hydrogen-bond acceptors (Lipinski definition) is 5. The highest BCUT2D eigenvalue weighted by molar-refractivity contribution is 5.89. The molecule has 3 aromatic rings. The maximum Gasteiger partial charge on any atom is 0.573 e. The molecule has 3 heterocycles. The van der Waals surface area contributed by atoms with E-state index in [0.717, 1.165) is 51.1 Å². The van der Waals surface area contributed by atoms with Gasteiger partial charge in [0.05, 0.1) is 11.9 Å². The van der Waals surface area contributed by atoms with Crippen molar-refractivity contribution < 1.29 is 27.4 Å². The van der Waals surface area contributed by atoms with Crippen LogP contribution < -0.4 is 14.8 Å². The first-order valence-corrected chi connectivity index (χ1v) is 12.1. The summed E-state index contributed by atoms with van der Waals surface area (Å²) in [5.41, 5.74) is 1.93. The topological polar surface area (TPSA) is 66.9 Å². The highest BCUT2D eigenvalue weighted by Gasteiger charge is 2.46. The molecule has 0 aliphatic carbocycles. The minimum absolute atomic E-state index is 0.0895. The summed E-state index contributed by atoms with van der Waals surface area (Å²) < 4.78 is 47.2. The van der Waals surface area contributed by atoms with Gasteiger partial charge in [0.1, 0.15) is 17.2 Å². The number of nitrogens with one attached hydrogen (secondary N) is 1. The fourth-order valence-electron chi connectivity index (χ4n) is 4.88. The molecule has 10 heteroatoms. The Labute approximate surface area is 212 Å². The zero-order chi connectivity index (χ0) is 25.9. The average molecular weight is 513 g/mol. The van der Waals surface area contributed by atoms with E-state index >= 15 is 0 Å². The second kappa shape index (κ2) is 10.3. The first-order chi connectivity index (χ1) is 17.8. The van der Waals surface area contributed by atoms with E-state index in [1.54, 1.807) is 30.6 Å². The summed E-state index contributed by atoms with van der Waals surface area (Å²) in [6.07, 6.45) is 0.583. The molecule has 1 spiro atoms. The van der Waals surface area contributed by atoms with Crippen molar-refractivity contribution in [1.29, 1.82) is 0 Å². The van der Waals surface area contributed by atoms with E-state index < -0.39 is 6.36 Å². The normalized spacial score (nSPS) is 17.2. The molecule has 0 unspecified atom stereocenters. The van der Waals surface area contributed by atoms with Gasteiger partial charge in [-0.2, -0.15) is 0 Å². The summed E-state index contributed by atoms with van der Waals surface area (Å²) >= 11 is 0. The number of ether oxygens (including phenoxy) is 2. The third-order valence-corrected chi connectivity index (χ3v) is 6.75. The summed E-state index contributed by atoms with van der Waals surface area (Å²) in [4.78, 5) is 20.7. The molecule has 1 N–H and O–H groups in total. The largest absolute Gasteiger partial charge is 0.573 e. The van der Waals surface area contributed by atoms with Crippen molar-refractivity contribution >= 4 is 11.7 Å². The quantitative estimate of drug-likeness (QED) is 0.445. The molecule has 194 valence electrons. The Balaban J connectivity index is 1.10. The van der Waals surface area contributed by atoms with Crippen molar-refractivity contribution in [2.45, 2.75) is 25.7 Å². The molecule has 2 saturated heterocycles. The number of aromatic nitrogens is 1. The Hall–Kier alpha value is -3.79. The van der Waals surface area contributed by atoms with Crippen LogP contribution >= 0.6 is 0 Å². The number of pyridine rings is 1. The van der Waals surface area contributed by atoms with Crippen LogP contribution in [0.5, 0.6) is 17.2 Å². The standard InChI is InChI=1S/C27H27F3N4O3/c28-27(29,30)37-24-8-2-7-23(15-24)36-22-6-1-4-20(14-22)17-33-12-9-26(10-13-33)18-34(19-26)25(35)32-21-5-3-11-31-16-21/h1-8,11,14-16H,9-10,12-13,17-19H2,(H,32,35). The third kappa shape index (κ3) is 6.51. The summed E-state index contributed by atoms with van der Waals surface area (Å²) in [5, 5.41) is 2.89. The molecule has 2 amide bonds. The number of alkyl halides is 3. The van der Waals surface area contributed by atoms with Gasteiger partial charge in [0.25, 0.3) is 0 Å². The molecule has 2 aliphatic heterocycles. The highest BCUT2D eigenvalue weighted by Crippen LogP contribution is 2.41. The molecule has 2 fully saturated rings. The van der Waals surface area contributed by atoms with Gasteiger partial charge in [0.15, 0.2) is 0 Å². The number of amides is 2. The number of nitrogens with zero attached hydrogens (tertiary/aromatic N) is 3. The van der Waals surface area contributed by atoms with Crippen molar-refractivity contribution in [3.05, 3.63) is 78.6 Å². The van der Waals surface area contributed by atoms with Crippen molar-refractivity contribution in [3.8, 4) is 17.2 Å². The van der Waals surface area contributed by atoms with Crippen LogP contribution in [0.3, 0.4) is 0 Å². The van der Waals surface area contributed by atoms with E-state index in [-0.39, 0.29) is 22.9 Å². The zero-order valence-electron chi connectivity index (χ0n) is 20.1. The van der Waals surface area contributed by atoms with Gasteiger partial charge in [-0.3, -0.25) is 9.88 Å². The maximum atomic E-state index is 12.5. The highest BCUT2D eigenvalue weighted by atomic mass is 19.4. The Morgan fingerprint density at radius 1 is 0.973 bits per heavy atom. The number of rotatable bonds is 6. The molecule has 0 radical (unpaired) electrons. The van der Waals surface area contributed by atoms with E-state index in [2.05, 4.69) is 19.9 Å². The molecular weight excluding hydrogens is 485 g/mol. The van der Waals surface area contributed by atoms with Gasteiger partial charge in [-0.25, -0.2) is 4.79 Å². The Morgan fingerprint density at radius 3 is 2.38 bits per heavy atom. The van der Waals surface area contributed by atoms with Crippen LogP contribution in [0.25, 0.3) is 0 Å². The molecule has 7 nitrogen and oxygen atoms in total. The summed E-state index contributed by atoms with van der Waals surface area (Å²) in [6, 6.07) is 16.5. The zero-order valence-corrected chi connectivity index (χ0v) is 20.1. The maximum absolute atomic E-state index is 12.5. The van der Waals surface area contributed by atoms with Crippen LogP contribution in [-0.2, 0) is 6.54 Å². The number of carbonyl (C=O) groups is 1. The van der Waals surface area contributed by atoms with E-state index in [1.165, 1.54) is 18.2 Å². The molecule has 2 aliphatic rings. The van der Waals surface area contributed by atoms with Crippen LogP contribution in [0.4, 0.5) is 23.7 Å². The molecule has 1 aromatic heterocycles. The third-order valence-electron chi connectivity index (χ3n) is 6.75. The lowest BCUT2D eigenvalue weighted by Crippen LogP contribution is -2.62. The van der Waals surface area contributed by atoms with Crippen molar-refractivity contribution in [2.75, 3.05) is 31.5 Å². The second-order valence-corrected chi connectivity index (χ2v) is 9.58. The lowest BCUT2D eigenvalue weighted by molar-refractivity contribution is -0.274. The molecule has 0 bridgehead atoms. The number of likely N-dealkylation sites (tertiary alicyclic amines) is 2. The molecular formula is C27H27F3N4O3. The monoisotopic (exact) mass is 512 g/mol. The summed E-state index contributed by atoms with van der Waals surface area (Å²) in [6.45, 7) is 4.12. The molecule has 0 atom stereocenters. The van der Waals surface area contributed by atoms with E-state index in [9.17, 15) is 18.0 Å². The van der Waals surface area contributed by atoms with Crippen LogP contribution in [0, 0.1) is 5.41 Å². The van der Waals surface area contributed by atoms with Gasteiger partial charge in [0.2, 0.25) is 0 Å². The fraction of sp³-hybridized carbons (Fsp3) is 0.333. The molecule has 37 heavy (non-hydrogen) atoms. The number of carbonyl (C=O) groups excluding carboxylic acids is 1. The van der Waals surface area contributed by atoms with Crippen LogP contribution in [0.15, 0.2) is 73.1 Å². The van der Waals surface area contributed by atoms with Gasteiger partial charge in [0, 0.05) is 37.3 Å². The summed E-state index contributed by atoms with van der Waals surface area (Å²) in [7, 11) is 0. The predicted octanol–water partition coefficient (Wildman–Crippen LogP) is 5.90. The van der Waals surface area contributed by atoms with E-state index in [4.69, 9.17) is 4.74 Å². The molecule has 5 rings (SSSR count). The van der Waals surface area contributed by atoms with Gasteiger partial charge >= 0.3 is 12.4 Å². The van der Waals surface area contributed by atoms with E-state index in [1.807, 2.05) is 29.2 Å². The average Bonchev–Trinajstić information content (AvgIpc) is 2.83. The van der Waals surface area contributed by atoms with Crippen LogP contribution in [0.2, 0.25) is 0 Å². The number of piperidine rings is 1.